The lowest BCUT2D eigenvalue weighted by Crippen LogP contribution is -1.97. The summed E-state index contributed by atoms with van der Waals surface area (Å²) in [6.45, 7) is 8.32. The van der Waals surface area contributed by atoms with Gasteiger partial charge in [-0.05, 0) is 71.2 Å². The van der Waals surface area contributed by atoms with Crippen molar-refractivity contribution < 1.29 is 10.2 Å². The van der Waals surface area contributed by atoms with Crippen LogP contribution in [0, 0.1) is 13.8 Å². The summed E-state index contributed by atoms with van der Waals surface area (Å²) in [5.41, 5.74) is 12.8. The Morgan fingerprint density at radius 3 is 2.10 bits per heavy atom. The fraction of sp³-hybridized carbons (Fsp3) is 0.231. The van der Waals surface area contributed by atoms with Gasteiger partial charge in [-0.15, -0.1) is 0 Å². The van der Waals surface area contributed by atoms with E-state index in [4.69, 9.17) is 5.73 Å². The van der Waals surface area contributed by atoms with Crippen LogP contribution in [-0.4, -0.2) is 10.2 Å². The monoisotopic (exact) mass is 385 g/mol. The lowest BCUT2D eigenvalue weighted by Gasteiger charge is -2.19. The van der Waals surface area contributed by atoms with Crippen molar-refractivity contribution in [2.75, 3.05) is 5.73 Å². The standard InChI is InChI=1S/C26H27NO2/c1-5-16-7-9-18-20(12-16)14(3)11-22(28)25(18)26-19-10-8-17(6-2)15(4)24(19)21(27)13-23(26)29/h7-13,28-29H,5-6,27H2,1-4H3. The fourth-order valence-electron chi connectivity index (χ4n) is 4.52. The largest absolute Gasteiger partial charge is 0.507 e. The van der Waals surface area contributed by atoms with Crippen molar-refractivity contribution in [1.82, 2.24) is 0 Å². The molecule has 4 N–H and O–H groups in total. The predicted molar refractivity (Wildman–Crippen MR) is 123 cm³/mol. The molecule has 0 heterocycles. The van der Waals surface area contributed by atoms with Gasteiger partial charge in [0.15, 0.2) is 0 Å². The van der Waals surface area contributed by atoms with E-state index in [9.17, 15) is 10.2 Å². The molecule has 0 aliphatic heterocycles. The van der Waals surface area contributed by atoms with Crippen LogP contribution in [0.1, 0.15) is 36.1 Å². The molecule has 0 amide bonds. The number of rotatable bonds is 3. The molecule has 29 heavy (non-hydrogen) atoms. The van der Waals surface area contributed by atoms with E-state index in [1.165, 1.54) is 11.1 Å². The molecule has 0 aromatic heterocycles. The van der Waals surface area contributed by atoms with Crippen molar-refractivity contribution in [3.05, 3.63) is 64.7 Å². The van der Waals surface area contributed by atoms with Crippen molar-refractivity contribution in [2.24, 2.45) is 0 Å². The van der Waals surface area contributed by atoms with E-state index in [0.29, 0.717) is 16.8 Å². The highest BCUT2D eigenvalue weighted by Crippen LogP contribution is 2.47. The summed E-state index contributed by atoms with van der Waals surface area (Å²) in [5, 5.41) is 25.7. The van der Waals surface area contributed by atoms with Gasteiger partial charge in [0.2, 0.25) is 0 Å². The summed E-state index contributed by atoms with van der Waals surface area (Å²) < 4.78 is 0. The summed E-state index contributed by atoms with van der Waals surface area (Å²) in [4.78, 5) is 0. The molecule has 4 rings (SSSR count). The number of benzene rings is 4. The molecular formula is C26H27NO2. The second-order valence-corrected chi connectivity index (χ2v) is 7.81. The topological polar surface area (TPSA) is 66.5 Å². The quantitative estimate of drug-likeness (QED) is 0.358. The van der Waals surface area contributed by atoms with Gasteiger partial charge in [0.1, 0.15) is 11.5 Å². The summed E-state index contributed by atoms with van der Waals surface area (Å²) in [7, 11) is 0. The van der Waals surface area contributed by atoms with Crippen LogP contribution in [0.15, 0.2) is 42.5 Å². The molecule has 0 aliphatic carbocycles. The number of aryl methyl sites for hydroxylation is 4. The van der Waals surface area contributed by atoms with Crippen LogP contribution in [0.5, 0.6) is 11.5 Å². The molecule has 0 atom stereocenters. The Morgan fingerprint density at radius 1 is 0.759 bits per heavy atom. The molecule has 0 saturated carbocycles. The maximum Gasteiger partial charge on any atom is 0.126 e. The molecule has 0 fully saturated rings. The Labute approximate surface area is 171 Å². The van der Waals surface area contributed by atoms with Crippen LogP contribution in [0.3, 0.4) is 0 Å². The molecule has 0 spiro atoms. The Balaban J connectivity index is 2.18. The van der Waals surface area contributed by atoms with Crippen LogP contribution in [0.4, 0.5) is 5.69 Å². The van der Waals surface area contributed by atoms with Gasteiger partial charge in [-0.2, -0.15) is 0 Å². The minimum Gasteiger partial charge on any atom is -0.507 e. The highest BCUT2D eigenvalue weighted by molar-refractivity contribution is 6.13. The first-order valence-electron chi connectivity index (χ1n) is 10.2. The number of anilines is 1. The van der Waals surface area contributed by atoms with Gasteiger partial charge in [-0.25, -0.2) is 0 Å². The van der Waals surface area contributed by atoms with Gasteiger partial charge in [-0.3, -0.25) is 0 Å². The molecule has 0 aliphatic rings. The van der Waals surface area contributed by atoms with E-state index >= 15 is 0 Å². The predicted octanol–water partition coefficient (Wildman–Crippen LogP) is 6.40. The first-order valence-corrected chi connectivity index (χ1v) is 10.2. The summed E-state index contributed by atoms with van der Waals surface area (Å²) in [6, 6.07) is 13.8. The van der Waals surface area contributed by atoms with E-state index in [1.54, 1.807) is 12.1 Å². The van der Waals surface area contributed by atoms with Crippen molar-refractivity contribution in [3.8, 4) is 22.6 Å². The minimum absolute atomic E-state index is 0.0821. The molecule has 3 heteroatoms. The third-order valence-electron chi connectivity index (χ3n) is 6.11. The van der Waals surface area contributed by atoms with Crippen LogP contribution in [0.2, 0.25) is 0 Å². The van der Waals surface area contributed by atoms with E-state index in [0.717, 1.165) is 45.5 Å². The summed E-state index contributed by atoms with van der Waals surface area (Å²) in [5.74, 6) is 0.247. The highest BCUT2D eigenvalue weighted by atomic mass is 16.3. The number of hydrogen-bond acceptors (Lipinski definition) is 3. The maximum atomic E-state index is 11.0. The Kier molecular flexibility index (Phi) is 4.62. The SMILES string of the molecule is CCc1ccc2c(-c3c(O)cc(N)c4c(C)c(CC)ccc34)c(O)cc(C)c2c1. The van der Waals surface area contributed by atoms with Gasteiger partial charge in [-0.1, -0.05) is 44.2 Å². The van der Waals surface area contributed by atoms with Crippen LogP contribution < -0.4 is 5.73 Å². The molecule has 4 aromatic rings. The van der Waals surface area contributed by atoms with Crippen molar-refractivity contribution in [2.45, 2.75) is 40.5 Å². The third kappa shape index (κ3) is 2.89. The Bertz CT molecular complexity index is 1270. The molecule has 4 aromatic carbocycles. The molecule has 0 radical (unpaired) electrons. The van der Waals surface area contributed by atoms with E-state index in [2.05, 4.69) is 39.0 Å². The number of phenolic OH excluding ortho intramolecular Hbond substituents is 2. The highest BCUT2D eigenvalue weighted by Gasteiger charge is 2.20. The van der Waals surface area contributed by atoms with E-state index in [-0.39, 0.29) is 11.5 Å². The molecule has 0 unspecified atom stereocenters. The van der Waals surface area contributed by atoms with Gasteiger partial charge in [0.25, 0.3) is 0 Å². The zero-order valence-electron chi connectivity index (χ0n) is 17.4. The van der Waals surface area contributed by atoms with E-state index < -0.39 is 0 Å². The van der Waals surface area contributed by atoms with Crippen molar-refractivity contribution >= 4 is 27.2 Å². The fourth-order valence-corrected chi connectivity index (χ4v) is 4.52. The first-order chi connectivity index (χ1) is 13.9. The zero-order chi connectivity index (χ0) is 20.9. The summed E-state index contributed by atoms with van der Waals surface area (Å²) in [6.07, 6.45) is 1.86. The second-order valence-electron chi connectivity index (χ2n) is 7.81. The number of phenols is 2. The third-order valence-corrected chi connectivity index (χ3v) is 6.11. The number of hydrogen-bond donors (Lipinski definition) is 3. The number of aromatic hydroxyl groups is 2. The average molecular weight is 386 g/mol. The number of nitrogens with two attached hydrogens (primary N) is 1. The average Bonchev–Trinajstić information content (AvgIpc) is 2.69. The normalized spacial score (nSPS) is 11.4. The van der Waals surface area contributed by atoms with Gasteiger partial charge in [0, 0.05) is 28.3 Å². The lowest BCUT2D eigenvalue weighted by molar-refractivity contribution is 0.470. The molecular weight excluding hydrogens is 358 g/mol. The maximum absolute atomic E-state index is 11.0. The molecule has 148 valence electrons. The van der Waals surface area contributed by atoms with Gasteiger partial charge < -0.3 is 15.9 Å². The Morgan fingerprint density at radius 2 is 1.41 bits per heavy atom. The lowest BCUT2D eigenvalue weighted by atomic mass is 9.87. The first kappa shape index (κ1) is 19.1. The van der Waals surface area contributed by atoms with Crippen molar-refractivity contribution in [3.63, 3.8) is 0 Å². The second kappa shape index (κ2) is 7.00. The van der Waals surface area contributed by atoms with Crippen molar-refractivity contribution in [1.29, 1.82) is 0 Å². The van der Waals surface area contributed by atoms with Crippen LogP contribution in [-0.2, 0) is 12.8 Å². The smallest absolute Gasteiger partial charge is 0.126 e. The minimum atomic E-state index is 0.0821. The van der Waals surface area contributed by atoms with Crippen LogP contribution in [0.25, 0.3) is 32.7 Å². The van der Waals surface area contributed by atoms with E-state index in [1.807, 2.05) is 19.1 Å². The molecule has 0 bridgehead atoms. The molecule has 3 nitrogen and oxygen atoms in total. The zero-order valence-corrected chi connectivity index (χ0v) is 17.4. The van der Waals surface area contributed by atoms with Gasteiger partial charge in [0.05, 0.1) is 0 Å². The number of fused-ring (bicyclic) bond motifs is 2. The van der Waals surface area contributed by atoms with Crippen LogP contribution >= 0.6 is 0 Å². The molecule has 0 saturated heterocycles. The van der Waals surface area contributed by atoms with Gasteiger partial charge >= 0.3 is 0 Å². The Hall–Kier alpha value is -3.20. The number of nitrogen functional groups attached to an aromatic ring is 1. The summed E-state index contributed by atoms with van der Waals surface area (Å²) >= 11 is 0.